The summed E-state index contributed by atoms with van der Waals surface area (Å²) in [5, 5.41) is 10.6. The van der Waals surface area contributed by atoms with Gasteiger partial charge in [0.05, 0.1) is 11.5 Å². The monoisotopic (exact) mass is 339 g/mol. The number of unbranched alkanes of at least 4 members (excludes halogenated alkanes) is 3. The molecule has 0 spiro atoms. The molecule has 1 aliphatic carbocycles. The zero-order chi connectivity index (χ0) is 18.2. The van der Waals surface area contributed by atoms with E-state index in [9.17, 15) is 5.26 Å². The van der Waals surface area contributed by atoms with Gasteiger partial charge in [-0.05, 0) is 42.6 Å². The summed E-state index contributed by atoms with van der Waals surface area (Å²) in [6.45, 7) is 6.98. The van der Waals surface area contributed by atoms with Gasteiger partial charge >= 0.3 is 0 Å². The maximum Gasteiger partial charge on any atom is 0.0903 e. The third-order valence-electron chi connectivity index (χ3n) is 6.71. The van der Waals surface area contributed by atoms with Crippen molar-refractivity contribution in [3.63, 3.8) is 0 Å². The Morgan fingerprint density at radius 3 is 2.20 bits per heavy atom. The molecule has 2 unspecified atom stereocenters. The highest BCUT2D eigenvalue weighted by Gasteiger charge is 2.54. The van der Waals surface area contributed by atoms with Crippen LogP contribution in [-0.4, -0.2) is 0 Å². The molecule has 1 heteroatoms. The lowest BCUT2D eigenvalue weighted by Crippen LogP contribution is -2.48. The molecule has 1 saturated carbocycles. The Morgan fingerprint density at radius 2 is 1.64 bits per heavy atom. The Bertz CT molecular complexity index is 537. The summed E-state index contributed by atoms with van der Waals surface area (Å²) in [6, 6.07) is 13.7. The Hall–Kier alpha value is -1.29. The van der Waals surface area contributed by atoms with Crippen molar-refractivity contribution in [2.24, 2.45) is 11.3 Å². The minimum Gasteiger partial charge on any atom is -0.197 e. The van der Waals surface area contributed by atoms with Crippen molar-refractivity contribution in [2.75, 3.05) is 0 Å². The quantitative estimate of drug-likeness (QED) is 0.407. The van der Waals surface area contributed by atoms with Crippen LogP contribution in [0.25, 0.3) is 0 Å². The van der Waals surface area contributed by atoms with Crippen molar-refractivity contribution in [2.45, 2.75) is 96.8 Å². The lowest BCUT2D eigenvalue weighted by Gasteiger charge is -2.49. The predicted molar refractivity (Wildman–Crippen MR) is 107 cm³/mol. The minimum absolute atomic E-state index is 0.0700. The van der Waals surface area contributed by atoms with E-state index < -0.39 is 0 Å². The van der Waals surface area contributed by atoms with Crippen molar-refractivity contribution in [3.8, 4) is 6.07 Å². The summed E-state index contributed by atoms with van der Waals surface area (Å²) in [4.78, 5) is 0. The first kappa shape index (κ1) is 20.0. The van der Waals surface area contributed by atoms with E-state index in [4.69, 9.17) is 0 Å². The van der Waals surface area contributed by atoms with Gasteiger partial charge < -0.3 is 0 Å². The number of benzene rings is 1. The van der Waals surface area contributed by atoms with Gasteiger partial charge in [-0.3, -0.25) is 0 Å². The fourth-order valence-corrected chi connectivity index (χ4v) is 5.44. The second-order valence-electron chi connectivity index (χ2n) is 8.39. The number of hydrogen-bond donors (Lipinski definition) is 0. The molecule has 0 heterocycles. The Morgan fingerprint density at radius 1 is 0.960 bits per heavy atom. The molecule has 0 saturated heterocycles. The molecule has 0 aromatic heterocycles. The van der Waals surface area contributed by atoms with Crippen molar-refractivity contribution in [1.82, 2.24) is 0 Å². The van der Waals surface area contributed by atoms with Gasteiger partial charge in [0.1, 0.15) is 0 Å². The predicted octanol–water partition coefficient (Wildman–Crippen LogP) is 7.41. The van der Waals surface area contributed by atoms with Crippen LogP contribution in [0.2, 0.25) is 0 Å². The highest BCUT2D eigenvalue weighted by atomic mass is 14.6. The zero-order valence-electron chi connectivity index (χ0n) is 16.7. The number of rotatable bonds is 10. The molecule has 2 rings (SSSR count). The van der Waals surface area contributed by atoms with Crippen molar-refractivity contribution in [3.05, 3.63) is 35.9 Å². The average molecular weight is 340 g/mol. The average Bonchev–Trinajstić information content (AvgIpc) is 3.16. The molecular formula is C24H37N. The van der Waals surface area contributed by atoms with Gasteiger partial charge in [-0.25, -0.2) is 0 Å². The Labute approximate surface area is 155 Å². The van der Waals surface area contributed by atoms with Crippen LogP contribution in [0.4, 0.5) is 0 Å². The van der Waals surface area contributed by atoms with Gasteiger partial charge in [0.15, 0.2) is 0 Å². The summed E-state index contributed by atoms with van der Waals surface area (Å²) >= 11 is 0. The molecule has 0 amide bonds. The molecule has 25 heavy (non-hydrogen) atoms. The van der Waals surface area contributed by atoms with Crippen LogP contribution >= 0.6 is 0 Å². The first-order chi connectivity index (χ1) is 12.1. The molecule has 0 radical (unpaired) electrons. The highest BCUT2D eigenvalue weighted by Crippen LogP contribution is 2.56. The lowest BCUT2D eigenvalue weighted by molar-refractivity contribution is 0.0946. The van der Waals surface area contributed by atoms with Crippen LogP contribution in [0.15, 0.2) is 30.3 Å². The lowest BCUT2D eigenvalue weighted by atomic mass is 9.52. The summed E-state index contributed by atoms with van der Waals surface area (Å²) in [5.41, 5.74) is 1.02. The molecule has 1 nitrogen and oxygen atoms in total. The van der Waals surface area contributed by atoms with E-state index in [-0.39, 0.29) is 10.8 Å². The van der Waals surface area contributed by atoms with E-state index in [0.717, 1.165) is 12.8 Å². The van der Waals surface area contributed by atoms with Gasteiger partial charge in [-0.1, -0.05) is 96.0 Å². The number of nitrogens with zero attached hydrogens (tertiary/aromatic N) is 1. The molecular weight excluding hydrogens is 302 g/mol. The SMILES string of the molecule is CCCCCCC(C)(CCC)C(C#N)(c1ccccc1)C1CCCC1. The summed E-state index contributed by atoms with van der Waals surface area (Å²) in [5.74, 6) is 0.516. The van der Waals surface area contributed by atoms with Crippen molar-refractivity contribution >= 4 is 0 Å². The second kappa shape index (κ2) is 9.42. The molecule has 1 aromatic carbocycles. The van der Waals surface area contributed by atoms with Crippen LogP contribution in [0.3, 0.4) is 0 Å². The van der Waals surface area contributed by atoms with Crippen LogP contribution in [0.5, 0.6) is 0 Å². The van der Waals surface area contributed by atoms with E-state index >= 15 is 0 Å². The van der Waals surface area contributed by atoms with Gasteiger partial charge in [0.25, 0.3) is 0 Å². The molecule has 1 aliphatic rings. The Balaban J connectivity index is 2.44. The summed E-state index contributed by atoms with van der Waals surface area (Å²) in [6.07, 6.45) is 13.7. The van der Waals surface area contributed by atoms with E-state index in [0.29, 0.717) is 5.92 Å². The van der Waals surface area contributed by atoms with Crippen LogP contribution in [0.1, 0.15) is 97.0 Å². The van der Waals surface area contributed by atoms with E-state index in [1.165, 1.54) is 63.4 Å². The van der Waals surface area contributed by atoms with E-state index in [1.54, 1.807) is 0 Å². The number of hydrogen-bond acceptors (Lipinski definition) is 1. The largest absolute Gasteiger partial charge is 0.197 e. The molecule has 0 aliphatic heterocycles. The van der Waals surface area contributed by atoms with Gasteiger partial charge in [-0.15, -0.1) is 0 Å². The number of nitriles is 1. The normalized spacial score (nSPS) is 19.9. The summed E-state index contributed by atoms with van der Waals surface area (Å²) in [7, 11) is 0. The van der Waals surface area contributed by atoms with Gasteiger partial charge in [0, 0.05) is 0 Å². The zero-order valence-corrected chi connectivity index (χ0v) is 16.7. The van der Waals surface area contributed by atoms with Crippen molar-refractivity contribution in [1.29, 1.82) is 5.26 Å². The molecule has 138 valence electrons. The first-order valence-corrected chi connectivity index (χ1v) is 10.6. The maximum atomic E-state index is 10.6. The Kier molecular flexibility index (Phi) is 7.55. The molecule has 2 atom stereocenters. The molecule has 1 aromatic rings. The van der Waals surface area contributed by atoms with Gasteiger partial charge in [0.2, 0.25) is 0 Å². The van der Waals surface area contributed by atoms with Crippen LogP contribution in [0, 0.1) is 22.7 Å². The third-order valence-corrected chi connectivity index (χ3v) is 6.71. The maximum absolute atomic E-state index is 10.6. The van der Waals surface area contributed by atoms with Crippen LogP contribution < -0.4 is 0 Å². The minimum atomic E-state index is -0.326. The van der Waals surface area contributed by atoms with Gasteiger partial charge in [-0.2, -0.15) is 5.26 Å². The smallest absolute Gasteiger partial charge is 0.0903 e. The molecule has 0 bridgehead atoms. The fourth-order valence-electron chi connectivity index (χ4n) is 5.44. The van der Waals surface area contributed by atoms with E-state index in [1.807, 2.05) is 0 Å². The topological polar surface area (TPSA) is 23.8 Å². The molecule has 0 N–H and O–H groups in total. The third kappa shape index (κ3) is 4.11. The van der Waals surface area contributed by atoms with E-state index in [2.05, 4.69) is 57.2 Å². The van der Waals surface area contributed by atoms with Crippen LogP contribution in [-0.2, 0) is 5.41 Å². The standard InChI is InChI=1S/C24H37N/c1-4-6-7-13-19-23(3,18-5-2)24(20-25,22-16-11-12-17-22)21-14-9-8-10-15-21/h8-10,14-15,22H,4-7,11-13,16-19H2,1-3H3. The van der Waals surface area contributed by atoms with Crippen molar-refractivity contribution < 1.29 is 0 Å². The second-order valence-corrected chi connectivity index (χ2v) is 8.39. The fraction of sp³-hybridized carbons (Fsp3) is 0.708. The summed E-state index contributed by atoms with van der Waals surface area (Å²) < 4.78 is 0. The molecule has 1 fully saturated rings. The first-order valence-electron chi connectivity index (χ1n) is 10.6. The highest BCUT2D eigenvalue weighted by molar-refractivity contribution is 5.38.